The first-order valence-electron chi connectivity index (χ1n) is 9.07. The Balaban J connectivity index is 1.71. The van der Waals surface area contributed by atoms with Crippen LogP contribution in [0.3, 0.4) is 0 Å². The second-order valence-corrected chi connectivity index (χ2v) is 7.09. The van der Waals surface area contributed by atoms with E-state index in [1.807, 2.05) is 6.20 Å². The van der Waals surface area contributed by atoms with Gasteiger partial charge in [-0.25, -0.2) is 4.39 Å². The monoisotopic (exact) mass is 394 g/mol. The molecule has 1 fully saturated rings. The van der Waals surface area contributed by atoms with E-state index in [0.717, 1.165) is 35.1 Å². The van der Waals surface area contributed by atoms with Crippen LogP contribution in [-0.4, -0.2) is 65.2 Å². The summed E-state index contributed by atoms with van der Waals surface area (Å²) in [6.07, 6.45) is 2.52. The fourth-order valence-electron chi connectivity index (χ4n) is 3.51. The molecule has 0 aliphatic carbocycles. The number of halogens is 2. The average Bonchev–Trinajstić information content (AvgIpc) is 3.04. The molecule has 1 aromatic carbocycles. The van der Waals surface area contributed by atoms with E-state index in [2.05, 4.69) is 15.2 Å². The van der Waals surface area contributed by atoms with Crippen molar-refractivity contribution in [1.29, 1.82) is 0 Å². The van der Waals surface area contributed by atoms with Gasteiger partial charge in [0.2, 0.25) is 11.8 Å². The molecule has 0 bridgehead atoms. The molecule has 3 rings (SSSR count). The van der Waals surface area contributed by atoms with Gasteiger partial charge >= 0.3 is 0 Å². The van der Waals surface area contributed by atoms with Gasteiger partial charge in [0.15, 0.2) is 0 Å². The topological polar surface area (TPSA) is 68.4 Å². The van der Waals surface area contributed by atoms with Gasteiger partial charge in [0.05, 0.1) is 5.52 Å². The van der Waals surface area contributed by atoms with Crippen LogP contribution >= 0.6 is 11.6 Å². The summed E-state index contributed by atoms with van der Waals surface area (Å²) < 4.78 is 14.2. The van der Waals surface area contributed by atoms with Gasteiger partial charge in [-0.05, 0) is 29.7 Å². The van der Waals surface area contributed by atoms with Crippen molar-refractivity contribution in [2.24, 2.45) is 0 Å². The van der Waals surface area contributed by atoms with Crippen molar-refractivity contribution >= 4 is 34.3 Å². The molecule has 0 unspecified atom stereocenters. The molecule has 0 radical (unpaired) electrons. The highest BCUT2D eigenvalue weighted by molar-refractivity contribution is 6.27. The first-order chi connectivity index (χ1) is 13.0. The zero-order valence-electron chi connectivity index (χ0n) is 15.4. The van der Waals surface area contributed by atoms with E-state index >= 15 is 0 Å². The number of H-pyrrole nitrogens is 1. The number of nitrogens with one attached hydrogen (secondary N) is 2. The lowest BCUT2D eigenvalue weighted by atomic mass is 10.1. The predicted molar refractivity (Wildman–Crippen MR) is 103 cm³/mol. The number of fused-ring (bicyclic) bond motifs is 1. The lowest BCUT2D eigenvalue weighted by Crippen LogP contribution is -2.48. The molecule has 27 heavy (non-hydrogen) atoms. The Bertz CT molecular complexity index is 830. The first kappa shape index (κ1) is 19.6. The summed E-state index contributed by atoms with van der Waals surface area (Å²) in [7, 11) is 0. The molecular formula is C19H24ClFN4O2. The Kier molecular flexibility index (Phi) is 6.34. The van der Waals surface area contributed by atoms with Crippen molar-refractivity contribution in [3.05, 3.63) is 35.3 Å². The van der Waals surface area contributed by atoms with E-state index in [9.17, 15) is 14.0 Å². The van der Waals surface area contributed by atoms with Gasteiger partial charge in [0.1, 0.15) is 11.7 Å². The fourth-order valence-corrected chi connectivity index (χ4v) is 3.68. The van der Waals surface area contributed by atoms with Crippen molar-refractivity contribution in [1.82, 2.24) is 20.1 Å². The van der Waals surface area contributed by atoms with Crippen molar-refractivity contribution in [3.63, 3.8) is 0 Å². The maximum absolute atomic E-state index is 14.2. The highest BCUT2D eigenvalue weighted by atomic mass is 35.5. The zero-order valence-corrected chi connectivity index (χ0v) is 16.1. The van der Waals surface area contributed by atoms with Crippen LogP contribution in [0.5, 0.6) is 0 Å². The zero-order chi connectivity index (χ0) is 19.4. The number of aromatic nitrogens is 1. The number of alkyl halides is 1. The van der Waals surface area contributed by atoms with E-state index in [4.69, 9.17) is 11.6 Å². The third-order valence-corrected chi connectivity index (χ3v) is 5.15. The smallest absolute Gasteiger partial charge is 0.237 e. The number of rotatable bonds is 6. The van der Waals surface area contributed by atoms with Crippen molar-refractivity contribution in [3.8, 4) is 0 Å². The molecule has 2 amide bonds. The van der Waals surface area contributed by atoms with Crippen LogP contribution < -0.4 is 5.32 Å². The molecule has 0 spiro atoms. The Labute approximate surface area is 162 Å². The molecule has 0 atom stereocenters. The normalized spacial score (nSPS) is 15.3. The molecular weight excluding hydrogens is 371 g/mol. The summed E-state index contributed by atoms with van der Waals surface area (Å²) in [5.74, 6) is -0.381. The summed E-state index contributed by atoms with van der Waals surface area (Å²) in [6, 6.07) is 3.10. The minimum Gasteiger partial charge on any atom is -0.361 e. The third kappa shape index (κ3) is 4.78. The van der Waals surface area contributed by atoms with Crippen LogP contribution in [0.4, 0.5) is 4.39 Å². The van der Waals surface area contributed by atoms with E-state index in [-0.39, 0.29) is 23.5 Å². The number of benzene rings is 1. The number of hydrogen-bond donors (Lipinski definition) is 2. The highest BCUT2D eigenvalue weighted by Gasteiger charge is 2.21. The first-order valence-corrected chi connectivity index (χ1v) is 9.60. The number of amides is 2. The van der Waals surface area contributed by atoms with E-state index < -0.39 is 0 Å². The lowest BCUT2D eigenvalue weighted by Gasteiger charge is -2.34. The highest BCUT2D eigenvalue weighted by Crippen LogP contribution is 2.25. The standard InChI is InChI=1S/C19H24ClFN4O2/c1-13(26)22-3-2-14-11-23-19-15(8-16(21)9-17(14)19)12-24-4-6-25(7-5-24)18(27)10-20/h8-9,11,23H,2-7,10,12H2,1H3,(H,22,26). The third-order valence-electron chi connectivity index (χ3n) is 4.92. The molecule has 8 heteroatoms. The molecule has 2 heterocycles. The van der Waals surface area contributed by atoms with Crippen molar-refractivity contribution < 1.29 is 14.0 Å². The second kappa shape index (κ2) is 8.71. The number of carbonyl (C=O) groups is 2. The van der Waals surface area contributed by atoms with Crippen LogP contribution in [0.1, 0.15) is 18.1 Å². The molecule has 1 aliphatic heterocycles. The Hall–Kier alpha value is -2.12. The molecule has 2 aromatic rings. The summed E-state index contributed by atoms with van der Waals surface area (Å²) in [4.78, 5) is 29.9. The fraction of sp³-hybridized carbons (Fsp3) is 0.474. The molecule has 6 nitrogen and oxygen atoms in total. The number of hydrogen-bond acceptors (Lipinski definition) is 3. The van der Waals surface area contributed by atoms with Crippen molar-refractivity contribution in [2.45, 2.75) is 19.9 Å². The number of carbonyl (C=O) groups excluding carboxylic acids is 2. The summed E-state index contributed by atoms with van der Waals surface area (Å²) in [6.45, 7) is 5.35. The molecule has 1 aliphatic rings. The van der Waals surface area contributed by atoms with Gasteiger partial charge < -0.3 is 15.2 Å². The molecule has 146 valence electrons. The SMILES string of the molecule is CC(=O)NCCc1c[nH]c2c(CN3CCN(C(=O)CCl)CC3)cc(F)cc12. The van der Waals surface area contributed by atoms with Gasteiger partial charge in [0.25, 0.3) is 0 Å². The molecule has 0 saturated carbocycles. The largest absolute Gasteiger partial charge is 0.361 e. The minimum atomic E-state index is -0.270. The Morgan fingerprint density at radius 1 is 1.22 bits per heavy atom. The van der Waals surface area contributed by atoms with Gasteiger partial charge in [-0.15, -0.1) is 11.6 Å². The van der Waals surface area contributed by atoms with Crippen LogP contribution in [0.2, 0.25) is 0 Å². The van der Waals surface area contributed by atoms with E-state index in [0.29, 0.717) is 32.6 Å². The van der Waals surface area contributed by atoms with E-state index in [1.165, 1.54) is 13.0 Å². The summed E-state index contributed by atoms with van der Waals surface area (Å²) >= 11 is 5.62. The van der Waals surface area contributed by atoms with Crippen LogP contribution in [-0.2, 0) is 22.6 Å². The van der Waals surface area contributed by atoms with Crippen LogP contribution in [0.15, 0.2) is 18.3 Å². The lowest BCUT2D eigenvalue weighted by molar-refractivity contribution is -0.130. The molecule has 1 aromatic heterocycles. The summed E-state index contributed by atoms with van der Waals surface area (Å²) in [5, 5.41) is 3.62. The molecule has 2 N–H and O–H groups in total. The predicted octanol–water partition coefficient (Wildman–Crippen LogP) is 1.87. The quantitative estimate of drug-likeness (QED) is 0.735. The number of nitrogens with zero attached hydrogens (tertiary/aromatic N) is 2. The second-order valence-electron chi connectivity index (χ2n) is 6.82. The van der Waals surface area contributed by atoms with Gasteiger partial charge in [0, 0.05) is 57.8 Å². The average molecular weight is 395 g/mol. The van der Waals surface area contributed by atoms with Gasteiger partial charge in [-0.3, -0.25) is 14.5 Å². The molecule has 1 saturated heterocycles. The maximum atomic E-state index is 14.2. The van der Waals surface area contributed by atoms with Crippen LogP contribution in [0.25, 0.3) is 10.9 Å². The number of aromatic amines is 1. The van der Waals surface area contributed by atoms with Gasteiger partial charge in [-0.2, -0.15) is 0 Å². The Morgan fingerprint density at radius 3 is 2.63 bits per heavy atom. The maximum Gasteiger partial charge on any atom is 0.237 e. The minimum absolute atomic E-state index is 0.00819. The van der Waals surface area contributed by atoms with Gasteiger partial charge in [-0.1, -0.05) is 0 Å². The number of piperazine rings is 1. The summed E-state index contributed by atoms with van der Waals surface area (Å²) in [5.41, 5.74) is 2.80. The van der Waals surface area contributed by atoms with Crippen molar-refractivity contribution in [2.75, 3.05) is 38.6 Å². The van der Waals surface area contributed by atoms with Crippen LogP contribution in [0, 0.1) is 5.82 Å². The Morgan fingerprint density at radius 2 is 1.96 bits per heavy atom. The van der Waals surface area contributed by atoms with E-state index in [1.54, 1.807) is 11.0 Å².